The highest BCUT2D eigenvalue weighted by Gasteiger charge is 2.31. The Balaban J connectivity index is 1.57. The molecule has 1 atom stereocenters. The molecule has 1 N–H and O–H groups in total. The Kier molecular flexibility index (Phi) is 7.39. The van der Waals surface area contributed by atoms with E-state index in [-0.39, 0.29) is 24.2 Å². The van der Waals surface area contributed by atoms with Gasteiger partial charge in [-0.3, -0.25) is 14.6 Å². The van der Waals surface area contributed by atoms with Crippen LogP contribution in [0.2, 0.25) is 0 Å². The van der Waals surface area contributed by atoms with Crippen LogP contribution in [0.4, 0.5) is 5.69 Å². The van der Waals surface area contributed by atoms with Crippen LogP contribution in [0.25, 0.3) is 10.8 Å². The van der Waals surface area contributed by atoms with Crippen molar-refractivity contribution in [1.29, 1.82) is 10.5 Å². The minimum Gasteiger partial charge on any atom is -0.342 e. The summed E-state index contributed by atoms with van der Waals surface area (Å²) in [6, 6.07) is 16.8. The number of carbonyl (C=O) groups excluding carboxylic acids is 2. The number of amidine groups is 1. The molecule has 0 saturated carbocycles. The number of hydrogen-bond acceptors (Lipinski definition) is 5. The van der Waals surface area contributed by atoms with Crippen LogP contribution in [0.5, 0.6) is 0 Å². The van der Waals surface area contributed by atoms with Gasteiger partial charge in [-0.05, 0) is 55.0 Å². The summed E-state index contributed by atoms with van der Waals surface area (Å²) >= 11 is 0. The van der Waals surface area contributed by atoms with E-state index in [0.29, 0.717) is 18.7 Å². The van der Waals surface area contributed by atoms with Crippen molar-refractivity contribution in [2.75, 3.05) is 31.5 Å². The van der Waals surface area contributed by atoms with E-state index in [1.165, 1.54) is 0 Å². The van der Waals surface area contributed by atoms with Crippen LogP contribution in [0.1, 0.15) is 32.1 Å². The number of amides is 2. The lowest BCUT2D eigenvalue weighted by Gasteiger charge is -2.25. The third kappa shape index (κ3) is 5.35. The zero-order valence-corrected chi connectivity index (χ0v) is 19.1. The van der Waals surface area contributed by atoms with E-state index >= 15 is 0 Å². The minimum atomic E-state index is -1.14. The van der Waals surface area contributed by atoms with Gasteiger partial charge >= 0.3 is 0 Å². The molecule has 174 valence electrons. The molecule has 0 aliphatic carbocycles. The number of likely N-dealkylation sites (tertiary alicyclic amines) is 2. The maximum absolute atomic E-state index is 13.3. The fourth-order valence-corrected chi connectivity index (χ4v) is 4.50. The lowest BCUT2D eigenvalue weighted by atomic mass is 10.1. The van der Waals surface area contributed by atoms with Gasteiger partial charge < -0.3 is 15.1 Å². The number of aliphatic imine (C=N–C) groups is 1. The van der Waals surface area contributed by atoms with Crippen LogP contribution >= 0.6 is 0 Å². The van der Waals surface area contributed by atoms with E-state index in [1.54, 1.807) is 4.90 Å². The Morgan fingerprint density at radius 2 is 1.74 bits per heavy atom. The number of nitriles is 2. The second-order valence-electron chi connectivity index (χ2n) is 8.75. The number of carbonyl (C=O) groups is 2. The average molecular weight is 457 g/mol. The number of nitrogens with one attached hydrogen (secondary N) is 1. The molecule has 0 bridgehead atoms. The third-order valence-corrected chi connectivity index (χ3v) is 6.39. The summed E-state index contributed by atoms with van der Waals surface area (Å²) in [7, 11) is 0. The SMILES string of the molecule is N#CC(C#N)C(=N[C@H]1CCCCN(CC(=O)N2CCCC2)C1=O)Nc1ccc2ccccc2c1. The van der Waals surface area contributed by atoms with Crippen LogP contribution in [-0.4, -0.2) is 59.7 Å². The maximum Gasteiger partial charge on any atom is 0.247 e. The van der Waals surface area contributed by atoms with Crippen LogP contribution < -0.4 is 5.32 Å². The van der Waals surface area contributed by atoms with Gasteiger partial charge in [0.1, 0.15) is 11.9 Å². The van der Waals surface area contributed by atoms with Crippen molar-refractivity contribution in [1.82, 2.24) is 9.80 Å². The summed E-state index contributed by atoms with van der Waals surface area (Å²) in [6.07, 6.45) is 4.08. The lowest BCUT2D eigenvalue weighted by Crippen LogP contribution is -2.45. The molecular weight excluding hydrogens is 428 g/mol. The molecule has 0 unspecified atom stereocenters. The summed E-state index contributed by atoms with van der Waals surface area (Å²) in [6.45, 7) is 2.05. The summed E-state index contributed by atoms with van der Waals surface area (Å²) in [5, 5.41) is 24.3. The van der Waals surface area contributed by atoms with Crippen LogP contribution in [0.3, 0.4) is 0 Å². The van der Waals surface area contributed by atoms with Crippen molar-refractivity contribution in [2.45, 2.75) is 38.1 Å². The van der Waals surface area contributed by atoms with E-state index in [1.807, 2.05) is 59.5 Å². The molecule has 2 fully saturated rings. The van der Waals surface area contributed by atoms with Gasteiger partial charge in [-0.1, -0.05) is 30.3 Å². The fraction of sp³-hybridized carbons (Fsp3) is 0.423. The van der Waals surface area contributed by atoms with Crippen LogP contribution in [-0.2, 0) is 9.59 Å². The summed E-state index contributed by atoms with van der Waals surface area (Å²) < 4.78 is 0. The molecule has 2 aromatic carbocycles. The molecule has 8 nitrogen and oxygen atoms in total. The van der Waals surface area contributed by atoms with E-state index in [0.717, 1.165) is 49.5 Å². The molecular formula is C26H28N6O2. The molecule has 0 aromatic heterocycles. The largest absolute Gasteiger partial charge is 0.342 e. The number of rotatable bonds is 5. The molecule has 2 amide bonds. The number of fused-ring (bicyclic) bond motifs is 1. The van der Waals surface area contributed by atoms with Gasteiger partial charge in [0.15, 0.2) is 5.92 Å². The van der Waals surface area contributed by atoms with Crippen LogP contribution in [0, 0.1) is 28.6 Å². The zero-order chi connectivity index (χ0) is 23.9. The lowest BCUT2D eigenvalue weighted by molar-refractivity contribution is -0.140. The average Bonchev–Trinajstić information content (AvgIpc) is 3.35. The van der Waals surface area contributed by atoms with Gasteiger partial charge in [0.05, 0.1) is 18.7 Å². The first kappa shape index (κ1) is 23.3. The van der Waals surface area contributed by atoms with Gasteiger partial charge in [0, 0.05) is 25.3 Å². The topological polar surface area (TPSA) is 113 Å². The highest BCUT2D eigenvalue weighted by molar-refractivity contribution is 6.03. The molecule has 0 radical (unpaired) electrons. The van der Waals surface area contributed by atoms with Crippen molar-refractivity contribution < 1.29 is 9.59 Å². The van der Waals surface area contributed by atoms with E-state index in [9.17, 15) is 20.1 Å². The second-order valence-corrected chi connectivity index (χ2v) is 8.75. The van der Waals surface area contributed by atoms with Gasteiger partial charge in [-0.2, -0.15) is 10.5 Å². The van der Waals surface area contributed by atoms with Crippen molar-refractivity contribution in [3.05, 3.63) is 42.5 Å². The van der Waals surface area contributed by atoms with E-state index in [2.05, 4.69) is 10.3 Å². The van der Waals surface area contributed by atoms with Crippen molar-refractivity contribution in [3.63, 3.8) is 0 Å². The number of nitrogens with zero attached hydrogens (tertiary/aromatic N) is 5. The van der Waals surface area contributed by atoms with E-state index in [4.69, 9.17) is 0 Å². The monoisotopic (exact) mass is 456 g/mol. The zero-order valence-electron chi connectivity index (χ0n) is 19.1. The van der Waals surface area contributed by atoms with E-state index < -0.39 is 12.0 Å². The number of anilines is 1. The molecule has 4 rings (SSSR count). The third-order valence-electron chi connectivity index (χ3n) is 6.39. The molecule has 2 aliphatic rings. The Morgan fingerprint density at radius 1 is 1.03 bits per heavy atom. The predicted octanol–water partition coefficient (Wildman–Crippen LogP) is 3.32. The molecule has 34 heavy (non-hydrogen) atoms. The Labute approximate surface area is 199 Å². The van der Waals surface area contributed by atoms with Crippen molar-refractivity contribution in [3.8, 4) is 12.1 Å². The molecule has 0 spiro atoms. The van der Waals surface area contributed by atoms with Crippen molar-refractivity contribution >= 4 is 34.1 Å². The summed E-state index contributed by atoms with van der Waals surface area (Å²) in [5.74, 6) is -1.23. The first-order valence-electron chi connectivity index (χ1n) is 11.8. The first-order chi connectivity index (χ1) is 16.6. The quantitative estimate of drug-likeness (QED) is 0.548. The molecule has 2 aromatic rings. The van der Waals surface area contributed by atoms with Gasteiger partial charge in [0.25, 0.3) is 0 Å². The maximum atomic E-state index is 13.3. The number of hydrogen-bond donors (Lipinski definition) is 1. The smallest absolute Gasteiger partial charge is 0.247 e. The highest BCUT2D eigenvalue weighted by atomic mass is 16.2. The Morgan fingerprint density at radius 3 is 2.47 bits per heavy atom. The predicted molar refractivity (Wildman–Crippen MR) is 130 cm³/mol. The molecule has 8 heteroatoms. The van der Waals surface area contributed by atoms with Gasteiger partial charge in [0.2, 0.25) is 11.8 Å². The standard InChI is InChI=1S/C26H28N6O2/c27-16-21(17-28)25(29-22-11-10-19-7-1-2-8-20(19)15-22)30-23-9-3-4-14-32(26(23)34)18-24(33)31-12-5-6-13-31/h1-2,7-8,10-11,15,21,23H,3-6,9,12-14,18H2,(H,29,30)/t23-/m0/s1. The molecule has 2 saturated heterocycles. The summed E-state index contributed by atoms with van der Waals surface area (Å²) in [5.41, 5.74) is 0.690. The first-order valence-corrected chi connectivity index (χ1v) is 11.8. The summed E-state index contributed by atoms with van der Waals surface area (Å²) in [4.78, 5) is 33.9. The van der Waals surface area contributed by atoms with Crippen molar-refractivity contribution in [2.24, 2.45) is 10.9 Å². The minimum absolute atomic E-state index is 0.0306. The number of benzene rings is 2. The second kappa shape index (κ2) is 10.8. The normalized spacial score (nSPS) is 19.1. The fourth-order valence-electron chi connectivity index (χ4n) is 4.50. The molecule has 2 aliphatic heterocycles. The van der Waals surface area contributed by atoms with Gasteiger partial charge in [-0.15, -0.1) is 0 Å². The molecule has 2 heterocycles. The van der Waals surface area contributed by atoms with Crippen LogP contribution in [0.15, 0.2) is 47.5 Å². The van der Waals surface area contributed by atoms with Gasteiger partial charge in [-0.25, -0.2) is 0 Å². The Hall–Kier alpha value is -3.91. The highest BCUT2D eigenvalue weighted by Crippen LogP contribution is 2.21. The Bertz CT molecular complexity index is 1160.